The van der Waals surface area contributed by atoms with Crippen LogP contribution >= 0.6 is 11.6 Å². The Hall–Kier alpha value is -1.06. The van der Waals surface area contributed by atoms with Gasteiger partial charge in [0.05, 0.1) is 10.7 Å². The Morgan fingerprint density at radius 3 is 2.93 bits per heavy atom. The first-order valence-electron chi connectivity index (χ1n) is 4.89. The van der Waals surface area contributed by atoms with E-state index in [2.05, 4.69) is 5.32 Å². The topological polar surface area (TPSA) is 55.1 Å². The molecular weight excluding hydrogens is 212 g/mol. The lowest BCUT2D eigenvalue weighted by Gasteiger charge is -2.07. The summed E-state index contributed by atoms with van der Waals surface area (Å²) in [6, 6.07) is 5.52. The Morgan fingerprint density at radius 2 is 2.27 bits per heavy atom. The fourth-order valence-electron chi connectivity index (χ4n) is 1.21. The summed E-state index contributed by atoms with van der Waals surface area (Å²) < 4.78 is 0. The molecule has 0 fully saturated rings. The van der Waals surface area contributed by atoms with Gasteiger partial charge in [0.25, 0.3) is 0 Å². The van der Waals surface area contributed by atoms with E-state index in [1.807, 2.05) is 19.1 Å². The maximum absolute atomic E-state index is 11.4. The highest BCUT2D eigenvalue weighted by Gasteiger charge is 2.05. The Morgan fingerprint density at radius 1 is 1.53 bits per heavy atom. The molecule has 3 N–H and O–H groups in total. The van der Waals surface area contributed by atoms with Gasteiger partial charge in [-0.15, -0.1) is 0 Å². The van der Waals surface area contributed by atoms with E-state index in [1.54, 1.807) is 6.07 Å². The van der Waals surface area contributed by atoms with Crippen LogP contribution in [-0.2, 0) is 4.79 Å². The van der Waals surface area contributed by atoms with Crippen molar-refractivity contribution < 1.29 is 4.79 Å². The van der Waals surface area contributed by atoms with Gasteiger partial charge in [-0.05, 0) is 37.6 Å². The van der Waals surface area contributed by atoms with Gasteiger partial charge in [0.2, 0.25) is 5.91 Å². The zero-order chi connectivity index (χ0) is 11.3. The fourth-order valence-corrected chi connectivity index (χ4v) is 1.38. The Balaban J connectivity index is 2.63. The van der Waals surface area contributed by atoms with Crippen LogP contribution in [0.3, 0.4) is 0 Å². The van der Waals surface area contributed by atoms with E-state index < -0.39 is 0 Å². The molecule has 0 radical (unpaired) electrons. The van der Waals surface area contributed by atoms with E-state index in [0.29, 0.717) is 30.1 Å². The van der Waals surface area contributed by atoms with Crippen LogP contribution in [0.5, 0.6) is 0 Å². The van der Waals surface area contributed by atoms with E-state index >= 15 is 0 Å². The van der Waals surface area contributed by atoms with E-state index in [1.165, 1.54) is 0 Å². The maximum atomic E-state index is 11.4. The number of hydrogen-bond acceptors (Lipinski definition) is 2. The normalized spacial score (nSPS) is 10.1. The molecule has 0 heterocycles. The van der Waals surface area contributed by atoms with Gasteiger partial charge in [-0.3, -0.25) is 4.79 Å². The number of halogens is 1. The Kier molecular flexibility index (Phi) is 4.59. The van der Waals surface area contributed by atoms with E-state index in [-0.39, 0.29) is 5.91 Å². The summed E-state index contributed by atoms with van der Waals surface area (Å²) in [4.78, 5) is 11.4. The van der Waals surface area contributed by atoms with Crippen LogP contribution in [0.1, 0.15) is 18.4 Å². The molecule has 0 aliphatic rings. The van der Waals surface area contributed by atoms with Crippen molar-refractivity contribution in [1.82, 2.24) is 0 Å². The van der Waals surface area contributed by atoms with Crippen LogP contribution < -0.4 is 11.1 Å². The van der Waals surface area contributed by atoms with Crippen LogP contribution in [0, 0.1) is 6.92 Å². The highest BCUT2D eigenvalue weighted by atomic mass is 35.5. The average Bonchev–Trinajstić information content (AvgIpc) is 2.20. The third-order valence-corrected chi connectivity index (χ3v) is 2.33. The molecule has 1 amide bonds. The first kappa shape index (κ1) is 12.0. The minimum absolute atomic E-state index is 0.0482. The molecule has 0 saturated carbocycles. The summed E-state index contributed by atoms with van der Waals surface area (Å²) in [7, 11) is 0. The predicted molar refractivity (Wildman–Crippen MR) is 63.1 cm³/mol. The molecule has 1 aromatic carbocycles. The number of hydrogen-bond donors (Lipinski definition) is 2. The number of anilines is 1. The minimum atomic E-state index is -0.0482. The van der Waals surface area contributed by atoms with Gasteiger partial charge in [0.1, 0.15) is 0 Å². The van der Waals surface area contributed by atoms with Crippen LogP contribution in [0.2, 0.25) is 5.02 Å². The number of nitrogens with two attached hydrogens (primary N) is 1. The molecule has 0 aromatic heterocycles. The molecule has 3 nitrogen and oxygen atoms in total. The molecule has 1 rings (SSSR count). The van der Waals surface area contributed by atoms with E-state index in [0.717, 1.165) is 5.56 Å². The number of carbonyl (C=O) groups excluding carboxylic acids is 1. The number of nitrogens with one attached hydrogen (secondary N) is 1. The summed E-state index contributed by atoms with van der Waals surface area (Å²) in [5.74, 6) is -0.0482. The summed E-state index contributed by atoms with van der Waals surface area (Å²) in [5.41, 5.74) is 7.05. The van der Waals surface area contributed by atoms with Crippen molar-refractivity contribution in [3.63, 3.8) is 0 Å². The summed E-state index contributed by atoms with van der Waals surface area (Å²) >= 11 is 5.93. The molecule has 0 saturated heterocycles. The number of amides is 1. The number of aryl methyl sites for hydroxylation is 1. The first-order valence-corrected chi connectivity index (χ1v) is 5.27. The van der Waals surface area contributed by atoms with Crippen LogP contribution in [0.15, 0.2) is 18.2 Å². The summed E-state index contributed by atoms with van der Waals surface area (Å²) in [6.45, 7) is 2.47. The van der Waals surface area contributed by atoms with Crippen molar-refractivity contribution in [2.75, 3.05) is 11.9 Å². The Labute approximate surface area is 94.6 Å². The van der Waals surface area contributed by atoms with Gasteiger partial charge >= 0.3 is 0 Å². The van der Waals surface area contributed by atoms with Crippen molar-refractivity contribution in [2.45, 2.75) is 19.8 Å². The number of carbonyl (C=O) groups is 1. The first-order chi connectivity index (χ1) is 7.13. The number of benzene rings is 1. The third kappa shape index (κ3) is 3.90. The van der Waals surface area contributed by atoms with Crippen LogP contribution in [0.4, 0.5) is 5.69 Å². The molecule has 15 heavy (non-hydrogen) atoms. The molecule has 0 unspecified atom stereocenters. The molecular formula is C11H15ClN2O. The largest absolute Gasteiger partial charge is 0.330 e. The van der Waals surface area contributed by atoms with Crippen molar-refractivity contribution in [2.24, 2.45) is 5.73 Å². The summed E-state index contributed by atoms with van der Waals surface area (Å²) in [5, 5.41) is 3.32. The van der Waals surface area contributed by atoms with Gasteiger partial charge in [0.15, 0.2) is 0 Å². The third-order valence-electron chi connectivity index (χ3n) is 2.00. The second-order valence-electron chi connectivity index (χ2n) is 3.42. The monoisotopic (exact) mass is 226 g/mol. The molecule has 0 bridgehead atoms. The molecule has 4 heteroatoms. The average molecular weight is 227 g/mol. The van der Waals surface area contributed by atoms with Crippen molar-refractivity contribution >= 4 is 23.2 Å². The van der Waals surface area contributed by atoms with Crippen molar-refractivity contribution in [1.29, 1.82) is 0 Å². The van der Waals surface area contributed by atoms with E-state index in [4.69, 9.17) is 17.3 Å². The summed E-state index contributed by atoms with van der Waals surface area (Å²) in [6.07, 6.45) is 1.12. The zero-order valence-electron chi connectivity index (χ0n) is 8.72. The lowest BCUT2D eigenvalue weighted by atomic mass is 10.2. The molecule has 0 atom stereocenters. The molecule has 1 aromatic rings. The lowest BCUT2D eigenvalue weighted by Crippen LogP contribution is -2.13. The lowest BCUT2D eigenvalue weighted by molar-refractivity contribution is -0.116. The highest BCUT2D eigenvalue weighted by molar-refractivity contribution is 6.33. The molecule has 0 aliphatic carbocycles. The van der Waals surface area contributed by atoms with Crippen LogP contribution in [0.25, 0.3) is 0 Å². The smallest absolute Gasteiger partial charge is 0.224 e. The second-order valence-corrected chi connectivity index (χ2v) is 3.83. The van der Waals surface area contributed by atoms with Gasteiger partial charge in [-0.25, -0.2) is 0 Å². The van der Waals surface area contributed by atoms with Crippen molar-refractivity contribution in [3.8, 4) is 0 Å². The maximum Gasteiger partial charge on any atom is 0.224 e. The second kappa shape index (κ2) is 5.73. The van der Waals surface area contributed by atoms with Gasteiger partial charge in [0, 0.05) is 6.42 Å². The Bertz CT molecular complexity index is 352. The van der Waals surface area contributed by atoms with Crippen LogP contribution in [-0.4, -0.2) is 12.5 Å². The molecule has 82 valence electrons. The predicted octanol–water partition coefficient (Wildman–Crippen LogP) is 2.33. The number of rotatable bonds is 4. The quantitative estimate of drug-likeness (QED) is 0.828. The fraction of sp³-hybridized carbons (Fsp3) is 0.364. The molecule has 0 spiro atoms. The van der Waals surface area contributed by atoms with Gasteiger partial charge in [-0.1, -0.05) is 17.7 Å². The zero-order valence-corrected chi connectivity index (χ0v) is 9.47. The highest BCUT2D eigenvalue weighted by Crippen LogP contribution is 2.22. The van der Waals surface area contributed by atoms with Gasteiger partial charge in [-0.2, -0.15) is 0 Å². The molecule has 0 aliphatic heterocycles. The SMILES string of the molecule is Cc1ccc(Cl)c(NC(=O)CCCN)c1. The minimum Gasteiger partial charge on any atom is -0.330 e. The van der Waals surface area contributed by atoms with E-state index in [9.17, 15) is 4.79 Å². The standard InChI is InChI=1S/C11H15ClN2O/c1-8-4-5-9(12)10(7-8)14-11(15)3-2-6-13/h4-5,7H,2-3,6,13H2,1H3,(H,14,15). The van der Waals surface area contributed by atoms with Gasteiger partial charge < -0.3 is 11.1 Å². The van der Waals surface area contributed by atoms with Crippen molar-refractivity contribution in [3.05, 3.63) is 28.8 Å².